The van der Waals surface area contributed by atoms with Crippen molar-refractivity contribution >= 4 is 43.7 Å². The highest BCUT2D eigenvalue weighted by Gasteiger charge is 2.51. The number of rotatable bonds is 4. The van der Waals surface area contributed by atoms with Crippen LogP contribution in [0.5, 0.6) is 11.5 Å². The molecule has 0 bridgehead atoms. The van der Waals surface area contributed by atoms with E-state index in [9.17, 15) is 0 Å². The van der Waals surface area contributed by atoms with E-state index in [4.69, 9.17) is 24.1 Å². The molecular formula is C58H34N4O2. The number of hydrogen-bond acceptors (Lipinski definition) is 5. The van der Waals surface area contributed by atoms with Crippen LogP contribution < -0.4 is 4.74 Å². The number of ether oxygens (including phenoxy) is 1. The first kappa shape index (κ1) is 35.0. The average Bonchev–Trinajstić information content (AvgIpc) is 4.00. The molecule has 9 aromatic carbocycles. The van der Waals surface area contributed by atoms with E-state index in [0.29, 0.717) is 17.5 Å². The molecule has 2 aliphatic rings. The Morgan fingerprint density at radius 3 is 1.75 bits per heavy atom. The van der Waals surface area contributed by atoms with Gasteiger partial charge >= 0.3 is 0 Å². The number of hydrogen-bond donors (Lipinski definition) is 0. The van der Waals surface area contributed by atoms with Gasteiger partial charge in [-0.1, -0.05) is 140 Å². The lowest BCUT2D eigenvalue weighted by Gasteiger charge is -2.39. The minimum Gasteiger partial charge on any atom is -0.457 e. The van der Waals surface area contributed by atoms with Gasteiger partial charge in [0.15, 0.2) is 17.5 Å². The molecule has 0 radical (unpaired) electrons. The molecule has 12 aromatic rings. The summed E-state index contributed by atoms with van der Waals surface area (Å²) in [5.74, 6) is 3.50. The standard InChI is InChI=1S/C58H34N4O2/c1-2-15-35(16-3-1)55-59-56(61-57(60-55)42-21-14-20-41-40-19-6-11-26-51(40)64-54(41)42)36-29-31-37(32-30-36)62-49-25-10-5-18-39(49)44-33-43-38-17-4-7-22-45(38)58(48(43)34-50(44)62)46-23-8-12-27-52(46)63-53-28-13-9-24-47(53)58/h1-34H. The van der Waals surface area contributed by atoms with Crippen molar-refractivity contribution in [2.24, 2.45) is 0 Å². The van der Waals surface area contributed by atoms with Crippen molar-refractivity contribution in [1.29, 1.82) is 0 Å². The molecule has 0 unspecified atom stereocenters. The van der Waals surface area contributed by atoms with Crippen molar-refractivity contribution in [3.63, 3.8) is 0 Å². The third-order valence-corrected chi connectivity index (χ3v) is 13.3. The van der Waals surface area contributed by atoms with Gasteiger partial charge < -0.3 is 13.7 Å². The van der Waals surface area contributed by atoms with Crippen LogP contribution in [0.4, 0.5) is 0 Å². The number of furan rings is 1. The topological polar surface area (TPSA) is 66.0 Å². The maximum atomic E-state index is 6.64. The van der Waals surface area contributed by atoms with Gasteiger partial charge in [0.2, 0.25) is 0 Å². The second-order valence-electron chi connectivity index (χ2n) is 16.7. The summed E-state index contributed by atoms with van der Waals surface area (Å²) in [4.78, 5) is 15.3. The summed E-state index contributed by atoms with van der Waals surface area (Å²) in [5.41, 5.74) is 14.2. The fourth-order valence-electron chi connectivity index (χ4n) is 10.6. The van der Waals surface area contributed by atoms with Crippen LogP contribution in [0.1, 0.15) is 22.3 Å². The first-order chi connectivity index (χ1) is 31.7. The Morgan fingerprint density at radius 2 is 0.969 bits per heavy atom. The van der Waals surface area contributed by atoms with E-state index >= 15 is 0 Å². The average molecular weight is 819 g/mol. The number of aromatic nitrogens is 4. The van der Waals surface area contributed by atoms with Crippen molar-refractivity contribution in [3.05, 3.63) is 229 Å². The zero-order valence-electron chi connectivity index (χ0n) is 34.2. The van der Waals surface area contributed by atoms with E-state index < -0.39 is 5.41 Å². The van der Waals surface area contributed by atoms with Crippen LogP contribution in [0.3, 0.4) is 0 Å². The van der Waals surface area contributed by atoms with Crippen LogP contribution in [0.25, 0.3) is 94.7 Å². The molecule has 0 fully saturated rings. The quantitative estimate of drug-likeness (QED) is 0.177. The van der Waals surface area contributed by atoms with E-state index in [1.165, 1.54) is 33.0 Å². The molecule has 6 nitrogen and oxygen atoms in total. The Kier molecular flexibility index (Phi) is 7.22. The van der Waals surface area contributed by atoms with Crippen molar-refractivity contribution < 1.29 is 9.15 Å². The predicted molar refractivity (Wildman–Crippen MR) is 255 cm³/mol. The highest BCUT2D eigenvalue weighted by Crippen LogP contribution is 2.62. The monoisotopic (exact) mass is 818 g/mol. The number of fused-ring (bicyclic) bond motifs is 15. The molecule has 0 amide bonds. The van der Waals surface area contributed by atoms with Crippen molar-refractivity contribution in [2.45, 2.75) is 5.41 Å². The molecule has 0 N–H and O–H groups in total. The maximum absolute atomic E-state index is 6.64. The molecule has 4 heterocycles. The molecule has 0 saturated heterocycles. The molecule has 1 aliphatic carbocycles. The predicted octanol–water partition coefficient (Wildman–Crippen LogP) is 14.3. The van der Waals surface area contributed by atoms with E-state index in [-0.39, 0.29) is 0 Å². The highest BCUT2D eigenvalue weighted by atomic mass is 16.5. The lowest BCUT2D eigenvalue weighted by molar-refractivity contribution is 0.436. The van der Waals surface area contributed by atoms with Gasteiger partial charge in [0.05, 0.1) is 22.0 Å². The normalized spacial score (nSPS) is 13.2. The number of benzene rings is 9. The smallest absolute Gasteiger partial charge is 0.167 e. The Balaban J connectivity index is 0.967. The van der Waals surface area contributed by atoms with Crippen LogP contribution in [-0.2, 0) is 5.41 Å². The molecule has 1 aliphatic heterocycles. The van der Waals surface area contributed by atoms with Crippen molar-refractivity contribution in [1.82, 2.24) is 19.5 Å². The van der Waals surface area contributed by atoms with Gasteiger partial charge in [-0.25, -0.2) is 15.0 Å². The van der Waals surface area contributed by atoms with E-state index in [1.54, 1.807) is 0 Å². The van der Waals surface area contributed by atoms with E-state index in [2.05, 4.69) is 150 Å². The zero-order valence-corrected chi connectivity index (χ0v) is 34.2. The third-order valence-electron chi connectivity index (χ3n) is 13.3. The summed E-state index contributed by atoms with van der Waals surface area (Å²) in [6.45, 7) is 0. The Labute approximate surface area is 367 Å². The number of para-hydroxylation sites is 5. The van der Waals surface area contributed by atoms with Gasteiger partial charge in [-0.3, -0.25) is 0 Å². The highest BCUT2D eigenvalue weighted by molar-refractivity contribution is 6.12. The Bertz CT molecular complexity index is 3840. The summed E-state index contributed by atoms with van der Waals surface area (Å²) in [7, 11) is 0. The summed E-state index contributed by atoms with van der Waals surface area (Å²) in [6.07, 6.45) is 0. The van der Waals surface area contributed by atoms with Gasteiger partial charge in [0, 0.05) is 49.5 Å². The van der Waals surface area contributed by atoms with Crippen LogP contribution in [0.2, 0.25) is 0 Å². The molecule has 6 heteroatoms. The first-order valence-corrected chi connectivity index (χ1v) is 21.6. The van der Waals surface area contributed by atoms with E-state index in [0.717, 1.165) is 78.0 Å². The Hall–Kier alpha value is -8.61. The van der Waals surface area contributed by atoms with Gasteiger partial charge in [-0.2, -0.15) is 0 Å². The molecular weight excluding hydrogens is 785 g/mol. The Morgan fingerprint density at radius 1 is 0.375 bits per heavy atom. The summed E-state index contributed by atoms with van der Waals surface area (Å²) < 4.78 is 15.5. The minimum atomic E-state index is -0.573. The number of nitrogens with zero attached hydrogens (tertiary/aromatic N) is 4. The molecule has 0 saturated carbocycles. The summed E-state index contributed by atoms with van der Waals surface area (Å²) in [5, 5.41) is 4.49. The first-order valence-electron chi connectivity index (χ1n) is 21.6. The molecule has 1 spiro atoms. The zero-order chi connectivity index (χ0) is 41.9. The SMILES string of the molecule is c1ccc(-c2nc(-c3ccc(-n4c5ccccc5c5cc6c(cc54)C4(c5ccccc5Oc5ccccc54)c4ccccc4-6)cc3)nc(-c3cccc4c3oc3ccccc34)n2)cc1. The molecule has 3 aromatic heterocycles. The van der Waals surface area contributed by atoms with Crippen LogP contribution in [0.15, 0.2) is 211 Å². The van der Waals surface area contributed by atoms with Gasteiger partial charge in [0.25, 0.3) is 0 Å². The lowest BCUT2D eigenvalue weighted by Crippen LogP contribution is -2.32. The van der Waals surface area contributed by atoms with Crippen molar-refractivity contribution in [3.8, 4) is 62.5 Å². The molecule has 298 valence electrons. The second kappa shape index (κ2) is 13.2. The van der Waals surface area contributed by atoms with Gasteiger partial charge in [-0.05, 0) is 89.0 Å². The molecule has 0 atom stereocenters. The molecule has 64 heavy (non-hydrogen) atoms. The van der Waals surface area contributed by atoms with Gasteiger partial charge in [-0.15, -0.1) is 0 Å². The van der Waals surface area contributed by atoms with Gasteiger partial charge in [0.1, 0.15) is 22.7 Å². The largest absolute Gasteiger partial charge is 0.457 e. The van der Waals surface area contributed by atoms with E-state index in [1.807, 2.05) is 60.7 Å². The fraction of sp³-hybridized carbons (Fsp3) is 0.0172. The lowest BCUT2D eigenvalue weighted by atomic mass is 9.66. The third kappa shape index (κ3) is 4.82. The van der Waals surface area contributed by atoms with Crippen molar-refractivity contribution in [2.75, 3.05) is 0 Å². The summed E-state index contributed by atoms with van der Waals surface area (Å²) >= 11 is 0. The maximum Gasteiger partial charge on any atom is 0.167 e. The molecule has 14 rings (SSSR count). The van der Waals surface area contributed by atoms with Crippen LogP contribution >= 0.6 is 0 Å². The summed E-state index contributed by atoms with van der Waals surface area (Å²) in [6, 6.07) is 72.6. The fourth-order valence-corrected chi connectivity index (χ4v) is 10.6. The minimum absolute atomic E-state index is 0.556. The van der Waals surface area contributed by atoms with Crippen LogP contribution in [0, 0.1) is 0 Å². The second-order valence-corrected chi connectivity index (χ2v) is 16.7. The van der Waals surface area contributed by atoms with Crippen LogP contribution in [-0.4, -0.2) is 19.5 Å².